The van der Waals surface area contributed by atoms with E-state index in [2.05, 4.69) is 24.3 Å². The van der Waals surface area contributed by atoms with Gasteiger partial charge in [-0.3, -0.25) is 4.79 Å². The fourth-order valence-electron chi connectivity index (χ4n) is 3.59. The first kappa shape index (κ1) is 10.8. The summed E-state index contributed by atoms with van der Waals surface area (Å²) in [4.78, 5) is 12.0. The van der Waals surface area contributed by atoms with Crippen LogP contribution in [0.15, 0.2) is 60.7 Å². The summed E-state index contributed by atoms with van der Waals surface area (Å²) in [5, 5.41) is 0. The van der Waals surface area contributed by atoms with Crippen LogP contribution in [0.3, 0.4) is 0 Å². The minimum atomic E-state index is -0.125. The maximum atomic E-state index is 12.0. The van der Waals surface area contributed by atoms with Gasteiger partial charge in [-0.05, 0) is 11.1 Å². The zero-order chi connectivity index (χ0) is 12.9. The van der Waals surface area contributed by atoms with Crippen LogP contribution in [0.1, 0.15) is 17.0 Å². The molecule has 1 saturated heterocycles. The highest BCUT2D eigenvalue weighted by Crippen LogP contribution is 2.69. The van der Waals surface area contributed by atoms with Gasteiger partial charge < -0.3 is 4.74 Å². The average molecular weight is 250 g/mol. The zero-order valence-electron chi connectivity index (χ0n) is 10.5. The molecule has 1 aliphatic heterocycles. The van der Waals surface area contributed by atoms with Crippen molar-refractivity contribution in [2.75, 3.05) is 6.61 Å². The Labute approximate surface area is 112 Å². The number of hydrogen-bond acceptors (Lipinski definition) is 2. The van der Waals surface area contributed by atoms with Gasteiger partial charge in [0.05, 0.1) is 11.3 Å². The van der Waals surface area contributed by atoms with Crippen molar-refractivity contribution in [2.45, 2.75) is 11.3 Å². The molecule has 1 saturated carbocycles. The Morgan fingerprint density at radius 1 is 0.895 bits per heavy atom. The zero-order valence-corrected chi connectivity index (χ0v) is 10.5. The molecule has 2 aromatic rings. The summed E-state index contributed by atoms with van der Waals surface area (Å²) >= 11 is 0. The summed E-state index contributed by atoms with van der Waals surface area (Å²) in [5.41, 5.74) is 2.34. The Bertz CT molecular complexity index is 620. The summed E-state index contributed by atoms with van der Waals surface area (Å²) in [6.07, 6.45) is 0. The van der Waals surface area contributed by atoms with Gasteiger partial charge >= 0.3 is 5.97 Å². The van der Waals surface area contributed by atoms with Crippen molar-refractivity contribution in [3.63, 3.8) is 0 Å². The molecular formula is C17H14O2. The van der Waals surface area contributed by atoms with Crippen LogP contribution in [0, 0.1) is 5.92 Å². The Kier molecular flexibility index (Phi) is 2.10. The molecule has 0 N–H and O–H groups in total. The summed E-state index contributed by atoms with van der Waals surface area (Å²) in [5.74, 6) is 0.229. The molecule has 2 fully saturated rings. The Hall–Kier alpha value is -2.09. The van der Waals surface area contributed by atoms with E-state index < -0.39 is 0 Å². The number of benzene rings is 2. The fraction of sp³-hybridized carbons (Fsp3) is 0.235. The van der Waals surface area contributed by atoms with Crippen LogP contribution in [0.4, 0.5) is 0 Å². The molecule has 2 heteroatoms. The Morgan fingerprint density at radius 3 is 2.21 bits per heavy atom. The first-order chi connectivity index (χ1) is 9.34. The summed E-state index contributed by atoms with van der Waals surface area (Å²) in [7, 11) is 0. The lowest BCUT2D eigenvalue weighted by Gasteiger charge is -2.15. The minimum Gasteiger partial charge on any atom is -0.464 e. The monoisotopic (exact) mass is 250 g/mol. The van der Waals surface area contributed by atoms with E-state index in [9.17, 15) is 4.79 Å². The number of rotatable bonds is 2. The highest BCUT2D eigenvalue weighted by molar-refractivity contribution is 5.85. The molecule has 4 rings (SSSR count). The average Bonchev–Trinajstić information content (AvgIpc) is 3.06. The second-order valence-corrected chi connectivity index (χ2v) is 5.38. The van der Waals surface area contributed by atoms with E-state index in [0.717, 1.165) is 0 Å². The van der Waals surface area contributed by atoms with Crippen molar-refractivity contribution in [1.29, 1.82) is 0 Å². The van der Waals surface area contributed by atoms with Crippen LogP contribution in [0.25, 0.3) is 0 Å². The van der Waals surface area contributed by atoms with E-state index in [4.69, 9.17) is 4.74 Å². The van der Waals surface area contributed by atoms with Crippen molar-refractivity contribution in [3.8, 4) is 0 Å². The predicted molar refractivity (Wildman–Crippen MR) is 71.8 cm³/mol. The number of ether oxygens (including phenoxy) is 1. The molecule has 3 atom stereocenters. The van der Waals surface area contributed by atoms with E-state index in [1.54, 1.807) is 0 Å². The SMILES string of the molecule is O=C1OC[C@]2(c3ccccc3)C1[C@@H]2c1ccccc1. The topological polar surface area (TPSA) is 26.3 Å². The molecule has 0 aromatic heterocycles. The molecular weight excluding hydrogens is 236 g/mol. The largest absolute Gasteiger partial charge is 0.464 e. The van der Waals surface area contributed by atoms with Gasteiger partial charge in [-0.25, -0.2) is 0 Å². The summed E-state index contributed by atoms with van der Waals surface area (Å²) in [6, 6.07) is 20.6. The maximum Gasteiger partial charge on any atom is 0.310 e. The molecule has 0 amide bonds. The first-order valence-corrected chi connectivity index (χ1v) is 6.61. The van der Waals surface area contributed by atoms with Crippen LogP contribution in [-0.4, -0.2) is 12.6 Å². The van der Waals surface area contributed by atoms with Crippen LogP contribution in [-0.2, 0) is 14.9 Å². The van der Waals surface area contributed by atoms with E-state index in [-0.39, 0.29) is 23.2 Å². The lowest BCUT2D eigenvalue weighted by molar-refractivity contribution is -0.141. The third kappa shape index (κ3) is 1.34. The quantitative estimate of drug-likeness (QED) is 0.766. The molecule has 1 heterocycles. The lowest BCUT2D eigenvalue weighted by Crippen LogP contribution is -2.14. The van der Waals surface area contributed by atoms with Gasteiger partial charge in [0.2, 0.25) is 0 Å². The van der Waals surface area contributed by atoms with E-state index in [0.29, 0.717) is 6.61 Å². The van der Waals surface area contributed by atoms with Gasteiger partial charge in [-0.15, -0.1) is 0 Å². The fourth-order valence-corrected chi connectivity index (χ4v) is 3.59. The third-order valence-electron chi connectivity index (χ3n) is 4.51. The van der Waals surface area contributed by atoms with Crippen LogP contribution >= 0.6 is 0 Å². The Balaban J connectivity index is 1.81. The number of fused-ring (bicyclic) bond motifs is 1. The lowest BCUT2D eigenvalue weighted by atomic mass is 9.91. The molecule has 0 radical (unpaired) electrons. The number of carbonyl (C=O) groups is 1. The third-order valence-corrected chi connectivity index (χ3v) is 4.51. The van der Waals surface area contributed by atoms with Crippen molar-refractivity contribution in [3.05, 3.63) is 71.8 Å². The van der Waals surface area contributed by atoms with Crippen LogP contribution < -0.4 is 0 Å². The van der Waals surface area contributed by atoms with Crippen LogP contribution in [0.2, 0.25) is 0 Å². The molecule has 2 aliphatic rings. The molecule has 1 unspecified atom stereocenters. The number of carbonyl (C=O) groups excluding carboxylic acids is 1. The second kappa shape index (κ2) is 3.70. The van der Waals surface area contributed by atoms with Gasteiger partial charge in [-0.1, -0.05) is 60.7 Å². The first-order valence-electron chi connectivity index (χ1n) is 6.61. The van der Waals surface area contributed by atoms with Gasteiger partial charge in [0.25, 0.3) is 0 Å². The summed E-state index contributed by atoms with van der Waals surface area (Å²) in [6.45, 7) is 0.514. The van der Waals surface area contributed by atoms with E-state index in [1.807, 2.05) is 36.4 Å². The molecule has 1 aliphatic carbocycles. The van der Waals surface area contributed by atoms with Crippen molar-refractivity contribution in [2.24, 2.45) is 5.92 Å². The van der Waals surface area contributed by atoms with Gasteiger partial charge in [0, 0.05) is 5.92 Å². The molecule has 2 aromatic carbocycles. The summed E-state index contributed by atoms with van der Waals surface area (Å²) < 4.78 is 5.29. The van der Waals surface area contributed by atoms with Gasteiger partial charge in [0.1, 0.15) is 6.61 Å². The number of esters is 1. The normalized spacial score (nSPS) is 31.7. The highest BCUT2D eigenvalue weighted by atomic mass is 16.5. The Morgan fingerprint density at radius 2 is 1.53 bits per heavy atom. The maximum absolute atomic E-state index is 12.0. The standard InChI is InChI=1S/C17H14O2/c18-16-15-14(12-7-3-1-4-8-12)17(15,11-19-16)13-9-5-2-6-10-13/h1-10,14-15H,11H2/t14-,15?,17+/m0/s1. The highest BCUT2D eigenvalue weighted by Gasteiger charge is 2.74. The smallest absolute Gasteiger partial charge is 0.310 e. The number of hydrogen-bond donors (Lipinski definition) is 0. The van der Waals surface area contributed by atoms with E-state index in [1.165, 1.54) is 11.1 Å². The van der Waals surface area contributed by atoms with Gasteiger partial charge in [-0.2, -0.15) is 0 Å². The van der Waals surface area contributed by atoms with Gasteiger partial charge in [0.15, 0.2) is 0 Å². The molecule has 2 nitrogen and oxygen atoms in total. The molecule has 0 spiro atoms. The van der Waals surface area contributed by atoms with Crippen molar-refractivity contribution >= 4 is 5.97 Å². The van der Waals surface area contributed by atoms with Crippen molar-refractivity contribution in [1.82, 2.24) is 0 Å². The predicted octanol–water partition coefficient (Wildman–Crippen LogP) is 2.89. The molecule has 0 bridgehead atoms. The number of cyclic esters (lactones) is 1. The van der Waals surface area contributed by atoms with Crippen molar-refractivity contribution < 1.29 is 9.53 Å². The molecule has 94 valence electrons. The molecule has 19 heavy (non-hydrogen) atoms. The second-order valence-electron chi connectivity index (χ2n) is 5.38. The van der Waals surface area contributed by atoms with E-state index >= 15 is 0 Å². The van der Waals surface area contributed by atoms with Crippen LogP contribution in [0.5, 0.6) is 0 Å². The minimum absolute atomic E-state index is 0.00250.